The van der Waals surface area contributed by atoms with E-state index in [0.29, 0.717) is 11.8 Å². The van der Waals surface area contributed by atoms with Crippen LogP contribution in [0, 0.1) is 55.4 Å². The fourth-order valence-corrected chi connectivity index (χ4v) is 15.8. The molecule has 14 aromatic carbocycles. The van der Waals surface area contributed by atoms with Crippen LogP contribution in [0.3, 0.4) is 0 Å². The van der Waals surface area contributed by atoms with Crippen molar-refractivity contribution in [1.29, 1.82) is 0 Å². The first-order valence-corrected chi connectivity index (χ1v) is 43.2. The smallest absolute Gasteiger partial charge is 0.248 e. The minimum atomic E-state index is -0.00509. The lowest BCUT2D eigenvalue weighted by atomic mass is 9.86. The fourth-order valence-electron chi connectivity index (χ4n) is 15.8. The van der Waals surface area contributed by atoms with Crippen molar-refractivity contribution in [3.8, 4) is 141 Å². The number of fused-ring (bicyclic) bond motifs is 3. The monoisotopic (exact) mass is 1640 g/mol. The van der Waals surface area contributed by atoms with Crippen LogP contribution in [-0.2, 0) is 16.2 Å². The van der Waals surface area contributed by atoms with Crippen LogP contribution in [0.2, 0.25) is 0 Å². The predicted molar refractivity (Wildman–Crippen MR) is 521 cm³/mol. The second-order valence-electron chi connectivity index (χ2n) is 36.4. The summed E-state index contributed by atoms with van der Waals surface area (Å²) in [6, 6.07) is 110. The Morgan fingerprint density at radius 3 is 0.714 bits per heavy atom. The third kappa shape index (κ3) is 18.0. The van der Waals surface area contributed by atoms with E-state index in [1.54, 1.807) is 0 Å². The number of benzene rings is 14. The molecule has 19 rings (SSSR count). The molecule has 0 fully saturated rings. The zero-order valence-corrected chi connectivity index (χ0v) is 74.8. The molecule has 0 aliphatic heterocycles. The number of hydrogen-bond acceptors (Lipinski definition) is 11. The van der Waals surface area contributed by atoms with Gasteiger partial charge in [-0.15, -0.1) is 20.4 Å². The molecule has 0 N–H and O–H groups in total. The van der Waals surface area contributed by atoms with Gasteiger partial charge < -0.3 is 4.42 Å². The van der Waals surface area contributed by atoms with Crippen molar-refractivity contribution >= 4 is 33.1 Å². The maximum absolute atomic E-state index is 5.90. The first kappa shape index (κ1) is 83.6. The van der Waals surface area contributed by atoms with E-state index < -0.39 is 0 Å². The molecule has 0 unspecified atom stereocenters. The summed E-state index contributed by atoms with van der Waals surface area (Å²) >= 11 is 0. The molecule has 19 aromatic rings. The molecule has 0 saturated carbocycles. The Balaban J connectivity index is 0.000000154. The first-order valence-electron chi connectivity index (χ1n) is 43.2. The number of nitrogens with zero attached hydrogens (tertiary/aromatic N) is 11. The highest BCUT2D eigenvalue weighted by Crippen LogP contribution is 2.44. The molecule has 0 radical (unpaired) electrons. The minimum Gasteiger partial charge on any atom is -0.416 e. The lowest BCUT2D eigenvalue weighted by Gasteiger charge is -2.20. The summed E-state index contributed by atoms with van der Waals surface area (Å²) in [4.78, 5) is 32.9. The third-order valence-electron chi connectivity index (χ3n) is 23.9. The van der Waals surface area contributed by atoms with Gasteiger partial charge in [-0.25, -0.2) is 29.9 Å². The van der Waals surface area contributed by atoms with Crippen LogP contribution in [-0.4, -0.2) is 54.9 Å². The van der Waals surface area contributed by atoms with E-state index in [1.165, 1.54) is 77.9 Å². The summed E-state index contributed by atoms with van der Waals surface area (Å²) in [6.07, 6.45) is 0. The Morgan fingerprint density at radius 2 is 0.429 bits per heavy atom. The molecule has 0 atom stereocenters. The van der Waals surface area contributed by atoms with Crippen LogP contribution in [0.4, 0.5) is 0 Å². The molecule has 0 saturated heterocycles. The zero-order valence-electron chi connectivity index (χ0n) is 74.8. The zero-order chi connectivity index (χ0) is 87.9. The SMILES string of the molecule is CC(C)(C)c1ccc(-c2nnc(-c3ccc(-c4ccccc4)cc3)n2-c2ccccc2)cc1.CC(C)(C)c1ccc(-c2nnc(-c3ccc(-c4ccccc4)cc3)o2)cc1.Cc1ccc(-c2nc3cc(C)c(C)cc3nc2-c2cc(-c3nc4cc(C)c(C)cc4nc3-c3ccc(C)cc3)cc(-c3nc4cc(C)c(C)cc4nc3-c3ccc(C(C)(C)C)cc3)c2)cc1. The second kappa shape index (κ2) is 34.6. The van der Waals surface area contributed by atoms with E-state index in [2.05, 4.69) is 391 Å². The molecule has 12 heteroatoms. The van der Waals surface area contributed by atoms with Gasteiger partial charge in [0.05, 0.1) is 67.3 Å². The van der Waals surface area contributed by atoms with Crippen molar-refractivity contribution in [3.63, 3.8) is 0 Å². The number of rotatable bonds is 13. The number of para-hydroxylation sites is 1. The first-order chi connectivity index (χ1) is 60.6. The van der Waals surface area contributed by atoms with Crippen LogP contribution in [0.1, 0.15) is 124 Å². The number of aryl methyl sites for hydroxylation is 8. The number of hydrogen-bond donors (Lipinski definition) is 0. The van der Waals surface area contributed by atoms with E-state index >= 15 is 0 Å². The highest BCUT2D eigenvalue weighted by Gasteiger charge is 2.26. The van der Waals surface area contributed by atoms with Gasteiger partial charge in [0, 0.05) is 61.3 Å². The largest absolute Gasteiger partial charge is 0.416 e. The van der Waals surface area contributed by atoms with Gasteiger partial charge in [0.25, 0.3) is 0 Å². The Hall–Kier alpha value is -14.6. The van der Waals surface area contributed by atoms with Gasteiger partial charge in [-0.05, 0) is 235 Å². The molecular formula is C114H103N11O. The summed E-state index contributed by atoms with van der Waals surface area (Å²) in [5.41, 5.74) is 38.6. The molecule has 620 valence electrons. The van der Waals surface area contributed by atoms with Crippen LogP contribution < -0.4 is 0 Å². The summed E-state index contributed by atoms with van der Waals surface area (Å²) in [5.74, 6) is 2.74. The molecule has 12 nitrogen and oxygen atoms in total. The lowest BCUT2D eigenvalue weighted by Crippen LogP contribution is -2.10. The van der Waals surface area contributed by atoms with Crippen LogP contribution in [0.5, 0.6) is 0 Å². The van der Waals surface area contributed by atoms with Crippen molar-refractivity contribution in [3.05, 3.63) is 377 Å². The Kier molecular flexibility index (Phi) is 23.0. The summed E-state index contributed by atoms with van der Waals surface area (Å²) in [7, 11) is 0. The third-order valence-corrected chi connectivity index (χ3v) is 23.9. The molecule has 0 bridgehead atoms. The standard InChI is InChI=1S/C60H54N6.C30H27N3.C24H22N2O/c1-33-12-16-41(17-13-33)54-57(64-51-27-38(6)35(3)24-48(51)61-54)44-30-45(58-55(42-18-14-34(2)15-19-42)62-49-25-36(4)39(7)28-52(49)65-58)32-46(31-44)59-56(43-20-22-47(23-21-43)60(9,10)11)63-50-26-37(5)40(8)29-53(50)66-59;1-30(2,3)26-20-18-25(19-21-26)29-32-31-28(33(29)27-12-8-5-9-13-27)24-16-14-23(15-17-24)22-10-6-4-7-11-22;1-24(2,3)21-15-13-20(14-16-21)23-26-25-22(27-23)19-11-9-18(10-12-19)17-7-5-4-6-8-17/h12-32H,1-11H3;4-21H,1-3H3;4-16H,1-3H3. The van der Waals surface area contributed by atoms with Crippen molar-refractivity contribution in [2.24, 2.45) is 0 Å². The average molecular weight is 1640 g/mol. The van der Waals surface area contributed by atoms with E-state index in [9.17, 15) is 0 Å². The Morgan fingerprint density at radius 1 is 0.206 bits per heavy atom. The normalized spacial score (nSPS) is 11.7. The van der Waals surface area contributed by atoms with Crippen LogP contribution in [0.25, 0.3) is 174 Å². The van der Waals surface area contributed by atoms with E-state index in [4.69, 9.17) is 34.3 Å². The maximum atomic E-state index is 5.90. The van der Waals surface area contributed by atoms with Gasteiger partial charge >= 0.3 is 0 Å². The summed E-state index contributed by atoms with van der Waals surface area (Å²) in [5, 5.41) is 17.7. The predicted octanol–water partition coefficient (Wildman–Crippen LogP) is 29.2. The topological polar surface area (TPSA) is 147 Å². The van der Waals surface area contributed by atoms with Crippen LogP contribution >= 0.6 is 0 Å². The van der Waals surface area contributed by atoms with Crippen molar-refractivity contribution in [2.75, 3.05) is 0 Å². The lowest BCUT2D eigenvalue weighted by molar-refractivity contribution is 0.582. The van der Waals surface area contributed by atoms with Gasteiger partial charge in [-0.2, -0.15) is 0 Å². The minimum absolute atomic E-state index is 0.00509. The Labute approximate surface area is 739 Å². The maximum Gasteiger partial charge on any atom is 0.248 e. The second-order valence-corrected chi connectivity index (χ2v) is 36.4. The van der Waals surface area contributed by atoms with Gasteiger partial charge in [0.1, 0.15) is 0 Å². The van der Waals surface area contributed by atoms with Crippen molar-refractivity contribution in [2.45, 2.75) is 134 Å². The number of aromatic nitrogens is 11. The Bertz CT molecular complexity index is 7030. The van der Waals surface area contributed by atoms with Gasteiger partial charge in [-0.1, -0.05) is 298 Å². The molecule has 0 aliphatic carbocycles. The average Bonchev–Trinajstić information content (AvgIpc) is 0.908. The van der Waals surface area contributed by atoms with Crippen LogP contribution in [0.15, 0.2) is 320 Å². The molecule has 0 amide bonds. The van der Waals surface area contributed by atoms with E-state index in [1.807, 2.05) is 66.7 Å². The van der Waals surface area contributed by atoms with Gasteiger partial charge in [-0.3, -0.25) is 4.57 Å². The molecule has 126 heavy (non-hydrogen) atoms. The van der Waals surface area contributed by atoms with E-state index in [-0.39, 0.29) is 16.2 Å². The fraction of sp³-hybridized carbons (Fsp3) is 0.175. The highest BCUT2D eigenvalue weighted by atomic mass is 16.4. The molecular weight excluding hydrogens is 1540 g/mol. The molecule has 0 spiro atoms. The molecule has 5 heterocycles. The van der Waals surface area contributed by atoms with Gasteiger partial charge in [0.2, 0.25) is 11.8 Å². The van der Waals surface area contributed by atoms with Gasteiger partial charge in [0.15, 0.2) is 11.6 Å². The molecule has 0 aliphatic rings. The molecule has 5 aromatic heterocycles. The quantitative estimate of drug-likeness (QED) is 0.109. The van der Waals surface area contributed by atoms with Crippen molar-refractivity contribution in [1.82, 2.24) is 54.9 Å². The van der Waals surface area contributed by atoms with E-state index in [0.717, 1.165) is 146 Å². The summed E-state index contributed by atoms with van der Waals surface area (Å²) in [6.45, 7) is 37.0. The highest BCUT2D eigenvalue weighted by molar-refractivity contribution is 5.96. The van der Waals surface area contributed by atoms with Crippen molar-refractivity contribution < 1.29 is 4.42 Å². The summed E-state index contributed by atoms with van der Waals surface area (Å²) < 4.78 is 8.05.